The van der Waals surface area contributed by atoms with E-state index in [2.05, 4.69) is 4.98 Å². The van der Waals surface area contributed by atoms with E-state index in [4.69, 9.17) is 9.47 Å². The molecule has 2 aromatic rings. The highest BCUT2D eigenvalue weighted by atomic mass is 16.5. The van der Waals surface area contributed by atoms with Gasteiger partial charge in [0.1, 0.15) is 12.0 Å². The van der Waals surface area contributed by atoms with Gasteiger partial charge in [-0.25, -0.2) is 4.98 Å². The van der Waals surface area contributed by atoms with Gasteiger partial charge in [-0.3, -0.25) is 0 Å². The highest BCUT2D eigenvalue weighted by Crippen LogP contribution is 2.32. The van der Waals surface area contributed by atoms with Gasteiger partial charge in [0.25, 0.3) is 0 Å². The molecular formula is C22H28N2O3. The first kappa shape index (κ1) is 19.2. The van der Waals surface area contributed by atoms with Crippen LogP contribution in [-0.4, -0.2) is 36.6 Å². The summed E-state index contributed by atoms with van der Waals surface area (Å²) in [6.07, 6.45) is 10.5. The average Bonchev–Trinajstić information content (AvgIpc) is 2.73. The van der Waals surface area contributed by atoms with Crippen molar-refractivity contribution in [3.8, 4) is 11.5 Å². The number of anilines is 1. The van der Waals surface area contributed by atoms with E-state index in [0.717, 1.165) is 24.2 Å². The fourth-order valence-electron chi connectivity index (χ4n) is 3.73. The minimum absolute atomic E-state index is 0.292. The lowest BCUT2D eigenvalue weighted by Crippen LogP contribution is -2.44. The van der Waals surface area contributed by atoms with Gasteiger partial charge in [0, 0.05) is 17.8 Å². The normalized spacial score (nSPS) is 16.3. The van der Waals surface area contributed by atoms with E-state index < -0.39 is 6.23 Å². The van der Waals surface area contributed by atoms with E-state index in [1.54, 1.807) is 26.5 Å². The molecule has 1 aliphatic rings. The second-order valence-corrected chi connectivity index (χ2v) is 6.74. The Bertz CT molecular complexity index is 742. The smallest absolute Gasteiger partial charge is 0.167 e. The Balaban J connectivity index is 1.86. The van der Waals surface area contributed by atoms with Crippen molar-refractivity contribution >= 4 is 11.9 Å². The molecular weight excluding hydrogens is 340 g/mol. The van der Waals surface area contributed by atoms with Crippen LogP contribution in [-0.2, 0) is 0 Å². The first-order valence-corrected chi connectivity index (χ1v) is 9.51. The summed E-state index contributed by atoms with van der Waals surface area (Å²) in [5.74, 6) is 2.13. The van der Waals surface area contributed by atoms with Crippen LogP contribution in [0.5, 0.6) is 11.5 Å². The molecule has 1 saturated carbocycles. The molecule has 1 fully saturated rings. The first-order valence-electron chi connectivity index (χ1n) is 9.51. The highest BCUT2D eigenvalue weighted by molar-refractivity contribution is 5.63. The first-order chi connectivity index (χ1) is 13.2. The Morgan fingerprint density at radius 3 is 2.56 bits per heavy atom. The second kappa shape index (κ2) is 9.42. The molecule has 27 heavy (non-hydrogen) atoms. The monoisotopic (exact) mass is 368 g/mol. The molecule has 0 radical (unpaired) electrons. The number of methoxy groups -OCH3 is 2. The van der Waals surface area contributed by atoms with Crippen molar-refractivity contribution in [1.82, 2.24) is 4.98 Å². The molecule has 0 saturated heterocycles. The van der Waals surface area contributed by atoms with Gasteiger partial charge in [-0.15, -0.1) is 0 Å². The second-order valence-electron chi connectivity index (χ2n) is 6.74. The van der Waals surface area contributed by atoms with Crippen LogP contribution in [0.1, 0.15) is 37.7 Å². The minimum atomic E-state index is -0.765. The van der Waals surface area contributed by atoms with Gasteiger partial charge < -0.3 is 19.5 Å². The van der Waals surface area contributed by atoms with E-state index in [1.807, 2.05) is 47.4 Å². The zero-order valence-electron chi connectivity index (χ0n) is 16.0. The molecule has 0 spiro atoms. The lowest BCUT2D eigenvalue weighted by molar-refractivity contribution is 0.193. The van der Waals surface area contributed by atoms with Crippen LogP contribution >= 0.6 is 0 Å². The van der Waals surface area contributed by atoms with Crippen molar-refractivity contribution in [2.24, 2.45) is 0 Å². The molecule has 1 aliphatic carbocycles. The average molecular weight is 368 g/mol. The van der Waals surface area contributed by atoms with E-state index >= 15 is 0 Å². The predicted molar refractivity (Wildman–Crippen MR) is 108 cm³/mol. The van der Waals surface area contributed by atoms with Gasteiger partial charge in [-0.2, -0.15) is 0 Å². The van der Waals surface area contributed by atoms with E-state index in [1.165, 1.54) is 19.3 Å². The van der Waals surface area contributed by atoms with Crippen molar-refractivity contribution in [3.63, 3.8) is 0 Å². The number of aliphatic hydroxyl groups is 1. The molecule has 1 atom stereocenters. The summed E-state index contributed by atoms with van der Waals surface area (Å²) in [6, 6.07) is 11.8. The lowest BCUT2D eigenvalue weighted by atomic mass is 9.94. The fraction of sp³-hybridized carbons (Fsp3) is 0.409. The van der Waals surface area contributed by atoms with E-state index in [9.17, 15) is 5.11 Å². The maximum Gasteiger partial charge on any atom is 0.167 e. The number of hydrogen-bond donors (Lipinski definition) is 1. The summed E-state index contributed by atoms with van der Waals surface area (Å²) < 4.78 is 10.8. The third-order valence-corrected chi connectivity index (χ3v) is 5.05. The largest absolute Gasteiger partial charge is 0.493 e. The molecule has 0 amide bonds. The fourth-order valence-corrected chi connectivity index (χ4v) is 3.73. The Labute approximate surface area is 161 Å². The minimum Gasteiger partial charge on any atom is -0.493 e. The number of aromatic nitrogens is 1. The van der Waals surface area contributed by atoms with Gasteiger partial charge in [-0.1, -0.05) is 43.5 Å². The molecule has 0 aliphatic heterocycles. The molecule has 5 heteroatoms. The van der Waals surface area contributed by atoms with Gasteiger partial charge in [0.2, 0.25) is 0 Å². The standard InChI is InChI=1S/C22H28N2O3/c1-26-19-12-8-9-17(22(19)27-2)14-15-21(25)24(18-10-4-3-5-11-18)20-13-6-7-16-23-20/h6-9,12-16,18,21,25H,3-5,10-11H2,1-2H3/b15-14+. The Morgan fingerprint density at radius 1 is 1.07 bits per heavy atom. The zero-order valence-corrected chi connectivity index (χ0v) is 16.0. The number of ether oxygens (including phenoxy) is 2. The van der Waals surface area contributed by atoms with Crippen molar-refractivity contribution < 1.29 is 14.6 Å². The van der Waals surface area contributed by atoms with Crippen LogP contribution in [0, 0.1) is 0 Å². The Hall–Kier alpha value is -2.53. The zero-order chi connectivity index (χ0) is 19.1. The van der Waals surface area contributed by atoms with Crippen LogP contribution < -0.4 is 14.4 Å². The number of nitrogens with zero attached hydrogens (tertiary/aromatic N) is 2. The molecule has 3 rings (SSSR count). The van der Waals surface area contributed by atoms with E-state index in [0.29, 0.717) is 17.5 Å². The number of hydrogen-bond acceptors (Lipinski definition) is 5. The molecule has 1 N–H and O–H groups in total. The topological polar surface area (TPSA) is 54.8 Å². The van der Waals surface area contributed by atoms with Crippen molar-refractivity contribution in [1.29, 1.82) is 0 Å². The summed E-state index contributed by atoms with van der Waals surface area (Å²) in [5.41, 5.74) is 0.862. The van der Waals surface area contributed by atoms with Gasteiger partial charge >= 0.3 is 0 Å². The molecule has 1 aromatic carbocycles. The Kier molecular flexibility index (Phi) is 6.71. The molecule has 1 heterocycles. The van der Waals surface area contributed by atoms with Crippen LogP contribution in [0.25, 0.3) is 6.08 Å². The van der Waals surface area contributed by atoms with Gasteiger partial charge in [0.05, 0.1) is 14.2 Å². The van der Waals surface area contributed by atoms with Crippen molar-refractivity contribution in [2.45, 2.75) is 44.4 Å². The molecule has 5 nitrogen and oxygen atoms in total. The quantitative estimate of drug-likeness (QED) is 0.740. The summed E-state index contributed by atoms with van der Waals surface area (Å²) in [6.45, 7) is 0. The van der Waals surface area contributed by atoms with Gasteiger partial charge in [0.15, 0.2) is 11.5 Å². The van der Waals surface area contributed by atoms with Crippen molar-refractivity contribution in [2.75, 3.05) is 19.1 Å². The van der Waals surface area contributed by atoms with Crippen LogP contribution in [0.3, 0.4) is 0 Å². The predicted octanol–water partition coefficient (Wildman–Crippen LogP) is 4.27. The van der Waals surface area contributed by atoms with E-state index in [-0.39, 0.29) is 0 Å². The third-order valence-electron chi connectivity index (χ3n) is 5.05. The number of rotatable bonds is 7. The summed E-state index contributed by atoms with van der Waals surface area (Å²) in [4.78, 5) is 6.51. The maximum absolute atomic E-state index is 11.0. The summed E-state index contributed by atoms with van der Waals surface area (Å²) >= 11 is 0. The molecule has 1 unspecified atom stereocenters. The highest BCUT2D eigenvalue weighted by Gasteiger charge is 2.26. The van der Waals surface area contributed by atoms with Crippen LogP contribution in [0.2, 0.25) is 0 Å². The van der Waals surface area contributed by atoms with Gasteiger partial charge in [-0.05, 0) is 37.1 Å². The van der Waals surface area contributed by atoms with Crippen LogP contribution in [0.15, 0.2) is 48.7 Å². The summed E-state index contributed by atoms with van der Waals surface area (Å²) in [5, 5.41) is 11.0. The summed E-state index contributed by atoms with van der Waals surface area (Å²) in [7, 11) is 3.24. The van der Waals surface area contributed by atoms with Crippen LogP contribution in [0.4, 0.5) is 5.82 Å². The maximum atomic E-state index is 11.0. The Morgan fingerprint density at radius 2 is 1.89 bits per heavy atom. The number of pyridine rings is 1. The lowest BCUT2D eigenvalue weighted by Gasteiger charge is -2.37. The molecule has 1 aromatic heterocycles. The number of benzene rings is 1. The SMILES string of the molecule is COc1cccc(/C=C/C(O)N(c2ccccn2)C2CCCCC2)c1OC. The number of para-hydroxylation sites is 1. The molecule has 144 valence electrons. The molecule has 0 bridgehead atoms. The number of aliphatic hydroxyl groups excluding tert-OH is 1. The van der Waals surface area contributed by atoms with Crippen molar-refractivity contribution in [3.05, 3.63) is 54.2 Å². The third kappa shape index (κ3) is 4.61.